The number of ether oxygens (including phenoxy) is 2. The van der Waals surface area contributed by atoms with Crippen LogP contribution in [0.5, 0.6) is 0 Å². The Bertz CT molecular complexity index is 959. The average Bonchev–Trinajstić information content (AvgIpc) is 2.95. The Morgan fingerprint density at radius 2 is 1.57 bits per heavy atom. The first-order valence-electron chi connectivity index (χ1n) is 9.25. The number of carbonyl (C=O) groups excluding carboxylic acids is 3. The number of aromatic nitrogens is 1. The van der Waals surface area contributed by atoms with Gasteiger partial charge in [0.05, 0.1) is 30.8 Å². The summed E-state index contributed by atoms with van der Waals surface area (Å²) < 4.78 is 52.7. The molecular formula is C21H22F3NO5. The highest BCUT2D eigenvalue weighted by molar-refractivity contribution is 6.11. The molecular weight excluding hydrogens is 403 g/mol. The van der Waals surface area contributed by atoms with Crippen LogP contribution in [0.25, 0.3) is 0 Å². The Kier molecular flexibility index (Phi) is 7.07. The number of alkyl halides is 3. The Morgan fingerprint density at radius 1 is 1.00 bits per heavy atom. The Labute approximate surface area is 171 Å². The number of halogens is 3. The molecule has 6 nitrogen and oxygen atoms in total. The molecule has 0 unspecified atom stereocenters. The van der Waals surface area contributed by atoms with E-state index in [2.05, 4.69) is 0 Å². The number of ketones is 1. The van der Waals surface area contributed by atoms with Gasteiger partial charge in [-0.1, -0.05) is 29.8 Å². The van der Waals surface area contributed by atoms with Crippen molar-refractivity contribution in [3.8, 4) is 0 Å². The molecule has 0 radical (unpaired) electrons. The molecule has 2 aromatic rings. The highest BCUT2D eigenvalue weighted by atomic mass is 19.4. The monoisotopic (exact) mass is 425 g/mol. The van der Waals surface area contributed by atoms with Crippen molar-refractivity contribution < 1.29 is 37.0 Å². The fraction of sp³-hybridized carbons (Fsp3) is 0.381. The van der Waals surface area contributed by atoms with Gasteiger partial charge in [0.2, 0.25) is 5.78 Å². The molecule has 0 aliphatic heterocycles. The van der Waals surface area contributed by atoms with Gasteiger partial charge < -0.3 is 14.0 Å². The van der Waals surface area contributed by atoms with Gasteiger partial charge in [-0.25, -0.2) is 4.79 Å². The normalized spacial score (nSPS) is 11.3. The second kappa shape index (κ2) is 9.15. The number of hydrogen-bond acceptors (Lipinski definition) is 5. The van der Waals surface area contributed by atoms with Crippen molar-refractivity contribution in [3.63, 3.8) is 0 Å². The van der Waals surface area contributed by atoms with Crippen molar-refractivity contribution in [2.45, 2.75) is 33.4 Å². The van der Waals surface area contributed by atoms with Crippen LogP contribution in [0.4, 0.5) is 13.2 Å². The zero-order valence-corrected chi connectivity index (χ0v) is 17.1. The van der Waals surface area contributed by atoms with Crippen LogP contribution in [-0.2, 0) is 33.9 Å². The predicted molar refractivity (Wildman–Crippen MR) is 101 cm³/mol. The van der Waals surface area contributed by atoms with Gasteiger partial charge in [0.25, 0.3) is 0 Å². The van der Waals surface area contributed by atoms with E-state index in [1.54, 1.807) is 26.0 Å². The third-order valence-corrected chi connectivity index (χ3v) is 4.42. The number of benzene rings is 1. The number of aryl methyl sites for hydroxylation is 1. The van der Waals surface area contributed by atoms with Crippen molar-refractivity contribution in [1.82, 2.24) is 4.57 Å². The number of esters is 2. The van der Waals surface area contributed by atoms with E-state index in [1.807, 2.05) is 0 Å². The van der Waals surface area contributed by atoms with E-state index >= 15 is 0 Å². The average molecular weight is 425 g/mol. The molecule has 0 aliphatic carbocycles. The van der Waals surface area contributed by atoms with E-state index in [-0.39, 0.29) is 24.5 Å². The van der Waals surface area contributed by atoms with Gasteiger partial charge in [0.15, 0.2) is 0 Å². The minimum atomic E-state index is -5.04. The summed E-state index contributed by atoms with van der Waals surface area (Å²) in [6.07, 6.45) is -5.66. The Balaban J connectivity index is 2.79. The summed E-state index contributed by atoms with van der Waals surface area (Å²) >= 11 is 0. The number of nitrogens with zero attached hydrogens (tertiary/aromatic N) is 1. The summed E-state index contributed by atoms with van der Waals surface area (Å²) in [7, 11) is 1.20. The lowest BCUT2D eigenvalue weighted by molar-refractivity contribution is -0.142. The summed E-state index contributed by atoms with van der Waals surface area (Å²) in [4.78, 5) is 37.4. The summed E-state index contributed by atoms with van der Waals surface area (Å²) in [6, 6.07) is 5.99. The molecule has 0 saturated heterocycles. The lowest BCUT2D eigenvalue weighted by Gasteiger charge is -2.11. The maximum atomic E-state index is 14.0. The Hall–Kier alpha value is -3.10. The molecule has 1 aromatic heterocycles. The molecule has 162 valence electrons. The molecule has 1 heterocycles. The van der Waals surface area contributed by atoms with Gasteiger partial charge in [-0.3, -0.25) is 9.59 Å². The molecule has 0 atom stereocenters. The maximum Gasteiger partial charge on any atom is 0.419 e. The lowest BCUT2D eigenvalue weighted by atomic mass is 10.0. The third-order valence-electron chi connectivity index (χ3n) is 4.42. The fourth-order valence-electron chi connectivity index (χ4n) is 3.10. The zero-order valence-electron chi connectivity index (χ0n) is 17.1. The molecule has 30 heavy (non-hydrogen) atoms. The van der Waals surface area contributed by atoms with Crippen molar-refractivity contribution in [2.24, 2.45) is 7.05 Å². The second-order valence-electron chi connectivity index (χ2n) is 6.50. The van der Waals surface area contributed by atoms with Crippen LogP contribution in [0.15, 0.2) is 24.3 Å². The van der Waals surface area contributed by atoms with Crippen LogP contribution < -0.4 is 0 Å². The van der Waals surface area contributed by atoms with E-state index in [1.165, 1.54) is 26.1 Å². The molecule has 0 bridgehead atoms. The first-order chi connectivity index (χ1) is 14.0. The van der Waals surface area contributed by atoms with Crippen LogP contribution >= 0.6 is 0 Å². The summed E-state index contributed by atoms with van der Waals surface area (Å²) in [5.41, 5.74) is -2.47. The summed E-state index contributed by atoms with van der Waals surface area (Å²) in [5.74, 6) is -3.01. The molecule has 0 amide bonds. The smallest absolute Gasteiger partial charge is 0.419 e. The van der Waals surface area contributed by atoms with Crippen molar-refractivity contribution in [2.75, 3.05) is 13.2 Å². The van der Waals surface area contributed by atoms with Crippen molar-refractivity contribution in [1.29, 1.82) is 0 Å². The van der Waals surface area contributed by atoms with Gasteiger partial charge in [-0.05, 0) is 20.8 Å². The van der Waals surface area contributed by atoms with Gasteiger partial charge in [-0.2, -0.15) is 13.2 Å². The largest absolute Gasteiger partial charge is 0.466 e. The van der Waals surface area contributed by atoms with E-state index in [0.717, 1.165) is 10.1 Å². The molecule has 9 heteroatoms. The molecule has 0 saturated carbocycles. The van der Waals surface area contributed by atoms with Gasteiger partial charge in [0, 0.05) is 18.3 Å². The standard InChI is InChI=1S/C21H22F3NO5/c1-5-29-15(26)11-14-16(20(28)30-6-2)17(21(22,23)24)18(25(14)4)19(27)13-9-7-12(3)8-10-13/h7-10H,5-6,11H2,1-4H3. The van der Waals surface area contributed by atoms with Gasteiger partial charge in [-0.15, -0.1) is 0 Å². The number of hydrogen-bond donors (Lipinski definition) is 0. The van der Waals surface area contributed by atoms with Crippen LogP contribution in [-0.4, -0.2) is 35.5 Å². The van der Waals surface area contributed by atoms with Crippen molar-refractivity contribution in [3.05, 3.63) is 57.9 Å². The highest BCUT2D eigenvalue weighted by Gasteiger charge is 2.45. The van der Waals surface area contributed by atoms with E-state index in [4.69, 9.17) is 9.47 Å². The topological polar surface area (TPSA) is 74.6 Å². The third kappa shape index (κ3) is 4.72. The number of carbonyl (C=O) groups is 3. The van der Waals surface area contributed by atoms with Crippen LogP contribution in [0.2, 0.25) is 0 Å². The molecule has 2 rings (SSSR count). The fourth-order valence-corrected chi connectivity index (χ4v) is 3.10. The van der Waals surface area contributed by atoms with Crippen LogP contribution in [0, 0.1) is 6.92 Å². The van der Waals surface area contributed by atoms with E-state index < -0.39 is 47.1 Å². The first kappa shape index (κ1) is 23.2. The molecule has 0 spiro atoms. The van der Waals surface area contributed by atoms with Crippen LogP contribution in [0.3, 0.4) is 0 Å². The van der Waals surface area contributed by atoms with E-state index in [0.29, 0.717) is 0 Å². The van der Waals surface area contributed by atoms with E-state index in [9.17, 15) is 27.6 Å². The summed E-state index contributed by atoms with van der Waals surface area (Å²) in [6.45, 7) is 4.60. The number of rotatable bonds is 7. The lowest BCUT2D eigenvalue weighted by Crippen LogP contribution is -2.18. The second-order valence-corrected chi connectivity index (χ2v) is 6.50. The molecule has 0 N–H and O–H groups in total. The zero-order chi connectivity index (χ0) is 22.6. The Morgan fingerprint density at radius 3 is 2.07 bits per heavy atom. The van der Waals surface area contributed by atoms with Gasteiger partial charge in [0.1, 0.15) is 5.69 Å². The minimum absolute atomic E-state index is 0.0132. The van der Waals surface area contributed by atoms with Crippen LogP contribution in [0.1, 0.15) is 57.1 Å². The quantitative estimate of drug-likeness (QED) is 0.497. The SMILES string of the molecule is CCOC(=O)Cc1c(C(=O)OCC)c(C(F)(F)F)c(C(=O)c2ccc(C)cc2)n1C. The highest BCUT2D eigenvalue weighted by Crippen LogP contribution is 2.39. The summed E-state index contributed by atoms with van der Waals surface area (Å²) in [5, 5.41) is 0. The predicted octanol–water partition coefficient (Wildman–Crippen LogP) is 3.87. The van der Waals surface area contributed by atoms with Crippen molar-refractivity contribution >= 4 is 17.7 Å². The molecule has 0 aliphatic rings. The van der Waals surface area contributed by atoms with Gasteiger partial charge >= 0.3 is 18.1 Å². The maximum absolute atomic E-state index is 14.0. The molecule has 0 fully saturated rings. The first-order valence-corrected chi connectivity index (χ1v) is 9.25. The molecule has 1 aromatic carbocycles. The minimum Gasteiger partial charge on any atom is -0.466 e.